The van der Waals surface area contributed by atoms with Crippen molar-refractivity contribution in [3.63, 3.8) is 0 Å². The Morgan fingerprint density at radius 2 is 2.18 bits per heavy atom. The molecule has 0 spiro atoms. The van der Waals surface area contributed by atoms with E-state index in [4.69, 9.17) is 10.5 Å². The zero-order chi connectivity index (χ0) is 12.5. The van der Waals surface area contributed by atoms with Crippen molar-refractivity contribution in [2.24, 2.45) is 5.73 Å². The van der Waals surface area contributed by atoms with Gasteiger partial charge >= 0.3 is 0 Å². The molecule has 0 radical (unpaired) electrons. The summed E-state index contributed by atoms with van der Waals surface area (Å²) >= 11 is 0. The van der Waals surface area contributed by atoms with Crippen molar-refractivity contribution in [2.45, 2.75) is 32.2 Å². The first kappa shape index (κ1) is 12.2. The van der Waals surface area contributed by atoms with Gasteiger partial charge < -0.3 is 15.4 Å². The smallest absolute Gasteiger partial charge is 0.122 e. The fraction of sp³-hybridized carbons (Fsp3) is 0.571. The third-order valence-electron chi connectivity index (χ3n) is 3.69. The summed E-state index contributed by atoms with van der Waals surface area (Å²) in [5, 5.41) is 0. The van der Waals surface area contributed by atoms with Gasteiger partial charge in [0.15, 0.2) is 0 Å². The van der Waals surface area contributed by atoms with Crippen molar-refractivity contribution in [2.75, 3.05) is 25.1 Å². The normalized spacial score (nSPS) is 15.1. The van der Waals surface area contributed by atoms with E-state index < -0.39 is 0 Å². The standard InChI is InChI=1S/C14H22N2O/c1-14(2,10-15)16(3)12-6-7-13-11(9-12)5-4-8-17-13/h6-7,9H,4-5,8,10,15H2,1-3H3. The maximum atomic E-state index is 5.82. The predicted octanol–water partition coefficient (Wildman–Crippen LogP) is 2.19. The third-order valence-corrected chi connectivity index (χ3v) is 3.69. The molecule has 0 amide bonds. The molecule has 0 saturated carbocycles. The molecule has 94 valence electrons. The molecule has 1 heterocycles. The quantitative estimate of drug-likeness (QED) is 0.871. The van der Waals surface area contributed by atoms with Gasteiger partial charge in [0.1, 0.15) is 5.75 Å². The number of benzene rings is 1. The first-order chi connectivity index (χ1) is 8.04. The number of nitrogens with two attached hydrogens (primary N) is 1. The van der Waals surface area contributed by atoms with Gasteiger partial charge in [-0.15, -0.1) is 0 Å². The predicted molar refractivity (Wildman–Crippen MR) is 71.8 cm³/mol. The lowest BCUT2D eigenvalue weighted by Gasteiger charge is -2.37. The van der Waals surface area contributed by atoms with Crippen LogP contribution in [-0.4, -0.2) is 25.7 Å². The molecule has 1 aromatic carbocycles. The van der Waals surface area contributed by atoms with Crippen LogP contribution >= 0.6 is 0 Å². The third kappa shape index (κ3) is 2.39. The van der Waals surface area contributed by atoms with E-state index in [-0.39, 0.29) is 5.54 Å². The molecule has 0 fully saturated rings. The zero-order valence-electron chi connectivity index (χ0n) is 11.0. The number of fused-ring (bicyclic) bond motifs is 1. The van der Waals surface area contributed by atoms with Gasteiger partial charge in [-0.1, -0.05) is 0 Å². The Morgan fingerprint density at radius 3 is 2.88 bits per heavy atom. The number of anilines is 1. The molecular weight excluding hydrogens is 212 g/mol. The van der Waals surface area contributed by atoms with Gasteiger partial charge in [-0.05, 0) is 50.5 Å². The van der Waals surface area contributed by atoms with Gasteiger partial charge in [0.05, 0.1) is 6.61 Å². The first-order valence-corrected chi connectivity index (χ1v) is 6.24. The van der Waals surface area contributed by atoms with E-state index in [0.29, 0.717) is 6.54 Å². The highest BCUT2D eigenvalue weighted by Gasteiger charge is 2.23. The van der Waals surface area contributed by atoms with Crippen molar-refractivity contribution in [1.82, 2.24) is 0 Å². The molecule has 1 aromatic rings. The summed E-state index contributed by atoms with van der Waals surface area (Å²) in [6.07, 6.45) is 2.22. The maximum Gasteiger partial charge on any atom is 0.122 e. The van der Waals surface area contributed by atoms with Gasteiger partial charge in [-0.3, -0.25) is 0 Å². The van der Waals surface area contributed by atoms with Gasteiger partial charge in [0, 0.05) is 24.8 Å². The number of likely N-dealkylation sites (N-methyl/N-ethyl adjacent to an activating group) is 1. The summed E-state index contributed by atoms with van der Waals surface area (Å²) in [6, 6.07) is 6.42. The molecule has 1 aliphatic rings. The van der Waals surface area contributed by atoms with Crippen LogP contribution < -0.4 is 15.4 Å². The fourth-order valence-electron chi connectivity index (χ4n) is 2.04. The van der Waals surface area contributed by atoms with E-state index in [0.717, 1.165) is 25.2 Å². The lowest BCUT2D eigenvalue weighted by atomic mass is 10.0. The van der Waals surface area contributed by atoms with Gasteiger partial charge in [-0.2, -0.15) is 0 Å². The maximum absolute atomic E-state index is 5.82. The molecule has 0 saturated heterocycles. The molecule has 0 unspecified atom stereocenters. The molecule has 2 rings (SSSR count). The topological polar surface area (TPSA) is 38.5 Å². The zero-order valence-corrected chi connectivity index (χ0v) is 11.0. The van der Waals surface area contributed by atoms with Crippen LogP contribution in [0, 0.1) is 0 Å². The minimum atomic E-state index is -0.0240. The average molecular weight is 234 g/mol. The number of ether oxygens (including phenoxy) is 1. The number of aryl methyl sites for hydroxylation is 1. The Hall–Kier alpha value is -1.22. The second kappa shape index (κ2) is 4.57. The molecule has 0 bridgehead atoms. The molecule has 3 heteroatoms. The number of nitrogens with zero attached hydrogens (tertiary/aromatic N) is 1. The van der Waals surface area contributed by atoms with Crippen LogP contribution in [0.4, 0.5) is 5.69 Å². The number of hydrogen-bond acceptors (Lipinski definition) is 3. The van der Waals surface area contributed by atoms with Crippen LogP contribution in [0.1, 0.15) is 25.8 Å². The van der Waals surface area contributed by atoms with E-state index >= 15 is 0 Å². The molecule has 3 nitrogen and oxygen atoms in total. The second-order valence-electron chi connectivity index (χ2n) is 5.32. The minimum Gasteiger partial charge on any atom is -0.493 e. The summed E-state index contributed by atoms with van der Waals surface area (Å²) in [4.78, 5) is 2.24. The van der Waals surface area contributed by atoms with E-state index in [1.165, 1.54) is 11.3 Å². The highest BCUT2D eigenvalue weighted by Crippen LogP contribution is 2.30. The summed E-state index contributed by atoms with van der Waals surface area (Å²) in [7, 11) is 2.10. The highest BCUT2D eigenvalue weighted by atomic mass is 16.5. The molecule has 1 aliphatic heterocycles. The van der Waals surface area contributed by atoms with Gasteiger partial charge in [-0.25, -0.2) is 0 Å². The number of hydrogen-bond donors (Lipinski definition) is 1. The van der Waals surface area contributed by atoms with E-state index in [9.17, 15) is 0 Å². The monoisotopic (exact) mass is 234 g/mol. The summed E-state index contributed by atoms with van der Waals surface area (Å²) in [5.74, 6) is 1.04. The van der Waals surface area contributed by atoms with Gasteiger partial charge in [0.25, 0.3) is 0 Å². The second-order valence-corrected chi connectivity index (χ2v) is 5.32. The van der Waals surface area contributed by atoms with Crippen LogP contribution in [0.5, 0.6) is 5.75 Å². The van der Waals surface area contributed by atoms with Crippen LogP contribution in [0.15, 0.2) is 18.2 Å². The summed E-state index contributed by atoms with van der Waals surface area (Å²) in [6.45, 7) is 5.79. The van der Waals surface area contributed by atoms with Crippen LogP contribution in [0.25, 0.3) is 0 Å². The lowest BCUT2D eigenvalue weighted by Crippen LogP contribution is -2.47. The van der Waals surface area contributed by atoms with Crippen LogP contribution in [-0.2, 0) is 6.42 Å². The molecular formula is C14H22N2O. The van der Waals surface area contributed by atoms with Crippen molar-refractivity contribution in [3.8, 4) is 5.75 Å². The highest BCUT2D eigenvalue weighted by molar-refractivity contribution is 5.54. The van der Waals surface area contributed by atoms with Crippen molar-refractivity contribution in [3.05, 3.63) is 23.8 Å². The summed E-state index contributed by atoms with van der Waals surface area (Å²) in [5.41, 5.74) is 8.32. The molecule has 0 atom stereocenters. The minimum absolute atomic E-state index is 0.0240. The van der Waals surface area contributed by atoms with Crippen molar-refractivity contribution >= 4 is 5.69 Å². The Labute approximate surface area is 104 Å². The van der Waals surface area contributed by atoms with Crippen LogP contribution in [0.2, 0.25) is 0 Å². The Morgan fingerprint density at radius 1 is 1.41 bits per heavy atom. The lowest BCUT2D eigenvalue weighted by molar-refractivity contribution is 0.288. The van der Waals surface area contributed by atoms with Crippen molar-refractivity contribution < 1.29 is 4.74 Å². The Kier molecular flexibility index (Phi) is 3.29. The van der Waals surface area contributed by atoms with E-state index in [2.05, 4.69) is 44.0 Å². The SMILES string of the molecule is CN(c1ccc2c(c1)CCCO2)C(C)(C)CN. The first-order valence-electron chi connectivity index (χ1n) is 6.24. The Balaban J connectivity index is 2.28. The Bertz CT molecular complexity index is 401. The largest absolute Gasteiger partial charge is 0.493 e. The molecule has 17 heavy (non-hydrogen) atoms. The molecule has 0 aromatic heterocycles. The van der Waals surface area contributed by atoms with E-state index in [1.54, 1.807) is 0 Å². The van der Waals surface area contributed by atoms with Gasteiger partial charge in [0.2, 0.25) is 0 Å². The van der Waals surface area contributed by atoms with Crippen LogP contribution in [0.3, 0.4) is 0 Å². The molecule has 2 N–H and O–H groups in total. The average Bonchev–Trinajstić information content (AvgIpc) is 2.37. The fourth-order valence-corrected chi connectivity index (χ4v) is 2.04. The molecule has 0 aliphatic carbocycles. The van der Waals surface area contributed by atoms with E-state index in [1.807, 2.05) is 0 Å². The van der Waals surface area contributed by atoms with Crippen molar-refractivity contribution in [1.29, 1.82) is 0 Å². The number of rotatable bonds is 3. The summed E-state index contributed by atoms with van der Waals surface area (Å²) < 4.78 is 5.63.